The Bertz CT molecular complexity index is 2140. The third-order valence-electron chi connectivity index (χ3n) is 10.9. The highest BCUT2D eigenvalue weighted by Crippen LogP contribution is 2.20. The summed E-state index contributed by atoms with van der Waals surface area (Å²) in [6, 6.07) is 24.6. The second-order valence-electron chi connectivity index (χ2n) is 22.3. The van der Waals surface area contributed by atoms with Crippen molar-refractivity contribution in [3.8, 4) is 5.75 Å². The van der Waals surface area contributed by atoms with Gasteiger partial charge in [-0.05, 0) is 143 Å². The van der Waals surface area contributed by atoms with Gasteiger partial charge in [-0.3, -0.25) is 38.8 Å². The van der Waals surface area contributed by atoms with Crippen LogP contribution in [0.15, 0.2) is 78.9 Å². The predicted octanol–water partition coefficient (Wildman–Crippen LogP) is 7.55. The number of nitrogens with zero attached hydrogens (tertiary/aromatic N) is 4. The smallest absolute Gasteiger partial charge is 0.338 e. The molecule has 0 unspecified atom stereocenters. The fraction of sp³-hybridized carbons (Fsp3) is 0.589. The van der Waals surface area contributed by atoms with E-state index in [1.165, 1.54) is 0 Å². The number of hydrogen-bond donors (Lipinski definition) is 0. The minimum atomic E-state index is -0.721. The van der Waals surface area contributed by atoms with Gasteiger partial charge in [0, 0.05) is 51.9 Å². The molecule has 0 aromatic heterocycles. The summed E-state index contributed by atoms with van der Waals surface area (Å²) in [5.74, 6) is -1.18. The number of benzene rings is 3. The summed E-state index contributed by atoms with van der Waals surface area (Å²) in [6.07, 6.45) is 2.02. The third kappa shape index (κ3) is 24.6. The van der Waals surface area contributed by atoms with E-state index in [0.29, 0.717) is 70.2 Å². The van der Waals surface area contributed by atoms with Gasteiger partial charge in [0.25, 0.3) is 0 Å². The molecule has 15 nitrogen and oxygen atoms in total. The number of ether oxygens (including phenoxy) is 6. The van der Waals surface area contributed by atoms with Crippen LogP contribution >= 0.6 is 0 Å². The SMILES string of the molecule is CC(C)(C)OC(=O)CN1CCN(CC(=O)OC(C)(C)C)CCN(CC(=O)OC(C)(C)C)[C@@H](Cc2ccc(OCCCc3ccc(C(=O)OCc4ccccc4)cc3)cc2)CN(CC(=O)OC(C)(C)C)CC1. The van der Waals surface area contributed by atoms with E-state index in [4.69, 9.17) is 28.4 Å². The number of hydrogen-bond acceptors (Lipinski definition) is 15. The van der Waals surface area contributed by atoms with Crippen molar-refractivity contribution >= 4 is 29.8 Å². The Morgan fingerprint density at radius 1 is 0.493 bits per heavy atom. The molecule has 1 saturated heterocycles. The standard InChI is InChI=1S/C56H82N4O11/c1-53(2,3)68-48(61)37-57-28-29-58(38-49(62)69-54(4,5)6)32-33-60(40-51(64)71-56(10,11)12)46(36-59(31-30-57)39-50(63)70-55(7,8)9)35-43-22-26-47(27-23-43)66-34-16-19-42-20-24-45(25-21-42)52(65)67-41-44-17-14-13-15-18-44/h13-15,17-18,20-27,46H,16,19,28-41H2,1-12H3/t46-/m0/s1. The highest BCUT2D eigenvalue weighted by molar-refractivity contribution is 5.89. The highest BCUT2D eigenvalue weighted by atomic mass is 16.6. The zero-order valence-electron chi connectivity index (χ0n) is 44.7. The summed E-state index contributed by atoms with van der Waals surface area (Å²) in [7, 11) is 0. The van der Waals surface area contributed by atoms with E-state index in [9.17, 15) is 24.0 Å². The Morgan fingerprint density at radius 2 is 0.930 bits per heavy atom. The van der Waals surface area contributed by atoms with Crippen LogP contribution < -0.4 is 4.74 Å². The molecule has 1 aliphatic heterocycles. The van der Waals surface area contributed by atoms with Crippen LogP contribution in [0, 0.1) is 0 Å². The predicted molar refractivity (Wildman–Crippen MR) is 274 cm³/mol. The maximum atomic E-state index is 13.7. The lowest BCUT2D eigenvalue weighted by Crippen LogP contribution is -2.54. The van der Waals surface area contributed by atoms with Crippen LogP contribution in [-0.2, 0) is 62.3 Å². The molecular weight excluding hydrogens is 905 g/mol. The van der Waals surface area contributed by atoms with Crippen molar-refractivity contribution in [1.82, 2.24) is 19.6 Å². The van der Waals surface area contributed by atoms with Crippen molar-refractivity contribution < 1.29 is 52.4 Å². The number of rotatable bonds is 18. The topological polar surface area (TPSA) is 154 Å². The lowest BCUT2D eigenvalue weighted by atomic mass is 10.0. The molecule has 0 spiro atoms. The van der Waals surface area contributed by atoms with Gasteiger partial charge in [-0.15, -0.1) is 0 Å². The first-order valence-electron chi connectivity index (χ1n) is 25.0. The first kappa shape index (κ1) is 58.2. The first-order chi connectivity index (χ1) is 33.2. The molecule has 1 atom stereocenters. The quantitative estimate of drug-likeness (QED) is 0.0700. The van der Waals surface area contributed by atoms with Crippen LogP contribution in [0.1, 0.15) is 117 Å². The van der Waals surface area contributed by atoms with Gasteiger partial charge in [0.1, 0.15) is 34.8 Å². The van der Waals surface area contributed by atoms with E-state index in [1.807, 2.05) is 165 Å². The Balaban J connectivity index is 1.55. The van der Waals surface area contributed by atoms with Crippen molar-refractivity contribution in [2.75, 3.05) is 78.6 Å². The van der Waals surface area contributed by atoms with Gasteiger partial charge in [0.2, 0.25) is 0 Å². The van der Waals surface area contributed by atoms with Crippen LogP contribution in [0.3, 0.4) is 0 Å². The Kier molecular flexibility index (Phi) is 22.1. The van der Waals surface area contributed by atoms with Gasteiger partial charge >= 0.3 is 29.8 Å². The van der Waals surface area contributed by atoms with E-state index in [0.717, 1.165) is 29.5 Å². The van der Waals surface area contributed by atoms with Crippen molar-refractivity contribution in [2.24, 2.45) is 0 Å². The Labute approximate surface area is 423 Å². The summed E-state index contributed by atoms with van der Waals surface area (Å²) >= 11 is 0. The highest BCUT2D eigenvalue weighted by Gasteiger charge is 2.31. The maximum absolute atomic E-state index is 13.7. The molecule has 0 aliphatic carbocycles. The summed E-state index contributed by atoms with van der Waals surface area (Å²) in [6.45, 7) is 25.4. The van der Waals surface area contributed by atoms with Crippen LogP contribution in [0.4, 0.5) is 0 Å². The van der Waals surface area contributed by atoms with Crippen LogP contribution in [0.5, 0.6) is 5.75 Å². The molecular formula is C56H82N4O11. The number of esters is 5. The second-order valence-corrected chi connectivity index (χ2v) is 22.3. The molecule has 4 rings (SSSR count). The van der Waals surface area contributed by atoms with Gasteiger partial charge in [0.05, 0.1) is 38.3 Å². The molecule has 3 aromatic carbocycles. The van der Waals surface area contributed by atoms with Crippen molar-refractivity contribution in [1.29, 1.82) is 0 Å². The molecule has 0 N–H and O–H groups in total. The molecule has 3 aromatic rings. The normalized spacial score (nSPS) is 16.5. The van der Waals surface area contributed by atoms with E-state index in [1.54, 1.807) is 12.1 Å². The molecule has 71 heavy (non-hydrogen) atoms. The van der Waals surface area contributed by atoms with E-state index < -0.39 is 28.4 Å². The molecule has 0 bridgehead atoms. The lowest BCUT2D eigenvalue weighted by molar-refractivity contribution is -0.160. The van der Waals surface area contributed by atoms with E-state index in [2.05, 4.69) is 4.90 Å². The average Bonchev–Trinajstić information content (AvgIpc) is 3.24. The Morgan fingerprint density at radius 3 is 1.42 bits per heavy atom. The van der Waals surface area contributed by atoms with Gasteiger partial charge in [0.15, 0.2) is 0 Å². The zero-order chi connectivity index (χ0) is 52.4. The summed E-state index contributed by atoms with van der Waals surface area (Å²) < 4.78 is 34.8. The molecule has 15 heteroatoms. The maximum Gasteiger partial charge on any atom is 0.338 e. The molecule has 0 radical (unpaired) electrons. The largest absolute Gasteiger partial charge is 0.494 e. The van der Waals surface area contributed by atoms with Crippen molar-refractivity contribution in [3.63, 3.8) is 0 Å². The van der Waals surface area contributed by atoms with Crippen LogP contribution in [0.2, 0.25) is 0 Å². The number of aryl methyl sites for hydroxylation is 1. The minimum Gasteiger partial charge on any atom is -0.494 e. The van der Waals surface area contributed by atoms with Crippen LogP contribution in [0.25, 0.3) is 0 Å². The van der Waals surface area contributed by atoms with Gasteiger partial charge in [-0.2, -0.15) is 0 Å². The number of carbonyl (C=O) groups excluding carboxylic acids is 5. The number of carbonyl (C=O) groups is 5. The first-order valence-corrected chi connectivity index (χ1v) is 25.0. The van der Waals surface area contributed by atoms with E-state index in [-0.39, 0.29) is 62.7 Å². The average molecular weight is 987 g/mol. The molecule has 1 aliphatic rings. The fourth-order valence-electron chi connectivity index (χ4n) is 7.89. The van der Waals surface area contributed by atoms with Crippen molar-refractivity contribution in [2.45, 2.75) is 137 Å². The van der Waals surface area contributed by atoms with Gasteiger partial charge in [-0.1, -0.05) is 54.6 Å². The van der Waals surface area contributed by atoms with E-state index >= 15 is 0 Å². The Hall–Kier alpha value is -5.35. The summed E-state index contributed by atoms with van der Waals surface area (Å²) in [5.41, 5.74) is 0.714. The molecule has 1 heterocycles. The molecule has 392 valence electrons. The summed E-state index contributed by atoms with van der Waals surface area (Å²) in [5, 5.41) is 0. The minimum absolute atomic E-state index is 0.00696. The second kappa shape index (κ2) is 26.9. The fourth-order valence-corrected chi connectivity index (χ4v) is 7.89. The molecule has 1 fully saturated rings. The van der Waals surface area contributed by atoms with Crippen LogP contribution in [-0.4, -0.2) is 156 Å². The van der Waals surface area contributed by atoms with Gasteiger partial charge < -0.3 is 28.4 Å². The molecule has 0 amide bonds. The monoisotopic (exact) mass is 987 g/mol. The van der Waals surface area contributed by atoms with Gasteiger partial charge in [-0.25, -0.2) is 4.79 Å². The zero-order valence-corrected chi connectivity index (χ0v) is 44.7. The lowest BCUT2D eigenvalue weighted by Gasteiger charge is -2.39. The summed E-state index contributed by atoms with van der Waals surface area (Å²) in [4.78, 5) is 74.6. The third-order valence-corrected chi connectivity index (χ3v) is 10.9. The molecule has 0 saturated carbocycles. The van der Waals surface area contributed by atoms with Crippen molar-refractivity contribution in [3.05, 3.63) is 101 Å².